The number of likely N-dealkylation sites (tertiary alicyclic amines) is 1. The molecule has 2 aromatic heterocycles. The van der Waals surface area contributed by atoms with Crippen LogP contribution >= 0.6 is 0 Å². The summed E-state index contributed by atoms with van der Waals surface area (Å²) >= 11 is 0. The zero-order valence-electron chi connectivity index (χ0n) is 20.1. The van der Waals surface area contributed by atoms with Crippen LogP contribution in [0.5, 0.6) is 0 Å². The minimum Gasteiger partial charge on any atom is -0.387 e. The van der Waals surface area contributed by atoms with Crippen LogP contribution in [-0.2, 0) is 13.0 Å². The van der Waals surface area contributed by atoms with Crippen molar-refractivity contribution in [2.45, 2.75) is 69.7 Å². The molecule has 2 saturated heterocycles. The van der Waals surface area contributed by atoms with Gasteiger partial charge in [0.1, 0.15) is 5.69 Å². The molecule has 0 saturated carbocycles. The molecule has 3 aromatic rings. The van der Waals surface area contributed by atoms with Crippen molar-refractivity contribution in [1.82, 2.24) is 35.4 Å². The average molecular weight is 476 g/mol. The molecule has 0 radical (unpaired) electrons. The van der Waals surface area contributed by atoms with E-state index in [4.69, 9.17) is 0 Å². The largest absolute Gasteiger partial charge is 0.387 e. The fraction of sp³-hybridized carbons (Fsp3) is 0.500. The van der Waals surface area contributed by atoms with Gasteiger partial charge in [0.05, 0.1) is 6.10 Å². The molecule has 1 amide bonds. The molecule has 1 aromatic carbocycles. The number of nitrogens with zero attached hydrogens (tertiary/aromatic N) is 6. The van der Waals surface area contributed by atoms with E-state index in [-0.39, 0.29) is 17.9 Å². The number of rotatable bonds is 7. The first-order chi connectivity index (χ1) is 17.1. The summed E-state index contributed by atoms with van der Waals surface area (Å²) in [5, 5.41) is 26.3. The van der Waals surface area contributed by atoms with Crippen molar-refractivity contribution in [3.63, 3.8) is 0 Å². The summed E-state index contributed by atoms with van der Waals surface area (Å²) < 4.78 is 1.84. The lowest BCUT2D eigenvalue weighted by molar-refractivity contribution is 0.0704. The minimum atomic E-state index is -0.502. The van der Waals surface area contributed by atoms with Crippen LogP contribution in [0.25, 0.3) is 0 Å². The number of amides is 1. The molecule has 2 fully saturated rings. The van der Waals surface area contributed by atoms with E-state index < -0.39 is 6.10 Å². The second-order valence-electron chi connectivity index (χ2n) is 9.58. The molecule has 9 heteroatoms. The van der Waals surface area contributed by atoms with Crippen LogP contribution in [0.4, 0.5) is 0 Å². The van der Waals surface area contributed by atoms with Crippen LogP contribution in [0.2, 0.25) is 0 Å². The van der Waals surface area contributed by atoms with Crippen LogP contribution in [0.15, 0.2) is 48.7 Å². The van der Waals surface area contributed by atoms with E-state index in [1.807, 2.05) is 65.2 Å². The van der Waals surface area contributed by atoms with Crippen molar-refractivity contribution >= 4 is 5.91 Å². The minimum absolute atomic E-state index is 0.0184. The third-order valence-electron chi connectivity index (χ3n) is 7.33. The van der Waals surface area contributed by atoms with Crippen molar-refractivity contribution < 1.29 is 9.90 Å². The lowest BCUT2D eigenvalue weighted by atomic mass is 9.95. The number of tetrazole rings is 1. The van der Waals surface area contributed by atoms with Gasteiger partial charge in [-0.2, -0.15) is 0 Å². The molecule has 9 nitrogen and oxygen atoms in total. The van der Waals surface area contributed by atoms with E-state index in [2.05, 4.69) is 25.8 Å². The summed E-state index contributed by atoms with van der Waals surface area (Å²) in [7, 11) is 0. The van der Waals surface area contributed by atoms with E-state index in [0.717, 1.165) is 55.6 Å². The number of piperidine rings is 1. The normalized spacial score (nSPS) is 21.8. The summed E-state index contributed by atoms with van der Waals surface area (Å²) in [5.41, 5.74) is 2.53. The van der Waals surface area contributed by atoms with Gasteiger partial charge in [-0.1, -0.05) is 36.4 Å². The van der Waals surface area contributed by atoms with Gasteiger partial charge in [0.15, 0.2) is 5.82 Å². The Bertz CT molecular complexity index is 1110. The molecule has 0 spiro atoms. The highest BCUT2D eigenvalue weighted by atomic mass is 16.3. The summed E-state index contributed by atoms with van der Waals surface area (Å²) in [6.45, 7) is 4.15. The Balaban J connectivity index is 1.12. The van der Waals surface area contributed by atoms with Crippen molar-refractivity contribution in [2.75, 3.05) is 13.1 Å². The number of aromatic nitrogens is 5. The molecule has 0 bridgehead atoms. The van der Waals surface area contributed by atoms with Crippen LogP contribution in [0, 0.1) is 0 Å². The molecule has 0 aliphatic carbocycles. The number of benzene rings is 1. The van der Waals surface area contributed by atoms with Gasteiger partial charge in [-0.15, -0.1) is 5.10 Å². The second kappa shape index (κ2) is 10.6. The highest BCUT2D eigenvalue weighted by molar-refractivity contribution is 5.92. The van der Waals surface area contributed by atoms with Gasteiger partial charge in [-0.25, -0.2) is 4.68 Å². The van der Waals surface area contributed by atoms with Crippen molar-refractivity contribution in [1.29, 1.82) is 0 Å². The van der Waals surface area contributed by atoms with Crippen LogP contribution in [-0.4, -0.2) is 66.3 Å². The summed E-state index contributed by atoms with van der Waals surface area (Å²) in [6.07, 6.45) is 5.80. The smallest absolute Gasteiger partial charge is 0.272 e. The molecular weight excluding hydrogens is 442 g/mol. The highest BCUT2D eigenvalue weighted by Crippen LogP contribution is 2.28. The quantitative estimate of drug-likeness (QED) is 0.540. The molecular formula is C26H33N7O2. The number of hydrogen-bond donors (Lipinski definition) is 2. The van der Waals surface area contributed by atoms with Gasteiger partial charge in [0, 0.05) is 43.8 Å². The maximum absolute atomic E-state index is 13.0. The standard InChI is InChI=1S/C26H33N7O2/c1-2-33-25(29-30-31-33)20-12-14-32(15-13-20)26(35)23-10-8-18(17-27-23)16-21-9-11-22(28-21)24(34)19-6-4-3-5-7-19/h3-8,10,17,20-22,24,28,34H,2,9,11-16H2,1H3/t21-,22+,24+/m0/s1. The highest BCUT2D eigenvalue weighted by Gasteiger charge is 2.31. The van der Waals surface area contributed by atoms with Crippen LogP contribution < -0.4 is 5.32 Å². The number of pyridine rings is 1. The molecule has 35 heavy (non-hydrogen) atoms. The predicted octanol–water partition coefficient (Wildman–Crippen LogP) is 2.50. The Morgan fingerprint density at radius 2 is 1.91 bits per heavy atom. The van der Waals surface area contributed by atoms with Crippen molar-refractivity contribution in [3.05, 3.63) is 71.3 Å². The van der Waals surface area contributed by atoms with Crippen molar-refractivity contribution in [3.8, 4) is 0 Å². The Morgan fingerprint density at radius 3 is 2.63 bits per heavy atom. The number of aliphatic hydroxyl groups is 1. The number of carbonyl (C=O) groups excluding carboxylic acids is 1. The monoisotopic (exact) mass is 475 g/mol. The Labute approximate surface area is 205 Å². The lowest BCUT2D eigenvalue weighted by Crippen LogP contribution is -2.38. The van der Waals surface area contributed by atoms with E-state index in [0.29, 0.717) is 24.8 Å². The number of carbonyl (C=O) groups is 1. The average Bonchev–Trinajstić information content (AvgIpc) is 3.59. The number of aliphatic hydroxyl groups excluding tert-OH is 1. The molecule has 4 heterocycles. The van der Waals surface area contributed by atoms with Crippen LogP contribution in [0.1, 0.15) is 72.1 Å². The zero-order chi connectivity index (χ0) is 24.2. The van der Waals surface area contributed by atoms with Gasteiger partial charge < -0.3 is 15.3 Å². The predicted molar refractivity (Wildman–Crippen MR) is 131 cm³/mol. The molecule has 3 atom stereocenters. The van der Waals surface area contributed by atoms with E-state index >= 15 is 0 Å². The summed E-state index contributed by atoms with van der Waals surface area (Å²) in [5.74, 6) is 1.18. The number of aryl methyl sites for hydroxylation is 1. The fourth-order valence-electron chi connectivity index (χ4n) is 5.33. The first kappa shape index (κ1) is 23.6. The SMILES string of the molecule is CCn1nnnc1C1CCN(C(=O)c2ccc(C[C@@H]3CC[C@H]([C@H](O)c4ccccc4)N3)cn2)CC1. The van der Waals surface area contributed by atoms with Gasteiger partial charge in [-0.05, 0) is 66.6 Å². The molecule has 2 aliphatic heterocycles. The van der Waals surface area contributed by atoms with Crippen LogP contribution in [0.3, 0.4) is 0 Å². The second-order valence-corrected chi connectivity index (χ2v) is 9.58. The topological polar surface area (TPSA) is 109 Å². The van der Waals surface area contributed by atoms with Gasteiger partial charge >= 0.3 is 0 Å². The molecule has 2 aliphatic rings. The Morgan fingerprint density at radius 1 is 1.11 bits per heavy atom. The van der Waals surface area contributed by atoms with Gasteiger partial charge in [0.2, 0.25) is 0 Å². The van der Waals surface area contributed by atoms with Gasteiger partial charge in [-0.3, -0.25) is 9.78 Å². The molecule has 184 valence electrons. The Hall–Kier alpha value is -3.17. The Kier molecular flexibility index (Phi) is 7.15. The first-order valence-electron chi connectivity index (χ1n) is 12.6. The van der Waals surface area contributed by atoms with Gasteiger partial charge in [0.25, 0.3) is 5.91 Å². The van der Waals surface area contributed by atoms with E-state index in [1.165, 1.54) is 0 Å². The lowest BCUT2D eigenvalue weighted by Gasteiger charge is -2.31. The molecule has 0 unspecified atom stereocenters. The number of nitrogens with one attached hydrogen (secondary N) is 1. The zero-order valence-corrected chi connectivity index (χ0v) is 20.1. The van der Waals surface area contributed by atoms with E-state index in [9.17, 15) is 9.90 Å². The maximum atomic E-state index is 13.0. The molecule has 5 rings (SSSR count). The summed E-state index contributed by atoms with van der Waals surface area (Å²) in [4.78, 5) is 19.4. The third kappa shape index (κ3) is 5.26. The van der Waals surface area contributed by atoms with Crippen molar-refractivity contribution in [2.24, 2.45) is 0 Å². The first-order valence-corrected chi connectivity index (χ1v) is 12.6. The van der Waals surface area contributed by atoms with E-state index in [1.54, 1.807) is 0 Å². The third-order valence-corrected chi connectivity index (χ3v) is 7.33. The fourth-order valence-corrected chi connectivity index (χ4v) is 5.33. The molecule has 2 N–H and O–H groups in total. The summed E-state index contributed by atoms with van der Waals surface area (Å²) in [6, 6.07) is 14.0. The number of hydrogen-bond acceptors (Lipinski definition) is 7. The maximum Gasteiger partial charge on any atom is 0.272 e.